The maximum atomic E-state index is 12.7. The second-order valence-corrected chi connectivity index (χ2v) is 7.63. The van der Waals surface area contributed by atoms with Crippen molar-refractivity contribution >= 4 is 5.91 Å². The first kappa shape index (κ1) is 17.3. The number of hydrogen-bond donors (Lipinski definition) is 2. The zero-order valence-electron chi connectivity index (χ0n) is 15.6. The summed E-state index contributed by atoms with van der Waals surface area (Å²) in [5.74, 6) is 0.665. The fraction of sp³-hybridized carbons (Fsp3) is 0.524. The number of aryl methyl sites for hydroxylation is 1. The van der Waals surface area contributed by atoms with Crippen LogP contribution in [0.4, 0.5) is 0 Å². The molecule has 5 nitrogen and oxygen atoms in total. The second kappa shape index (κ2) is 7.62. The van der Waals surface area contributed by atoms with E-state index in [9.17, 15) is 4.79 Å². The normalized spacial score (nSPS) is 19.3. The Morgan fingerprint density at radius 1 is 1.27 bits per heavy atom. The van der Waals surface area contributed by atoms with Crippen LogP contribution in [0.5, 0.6) is 0 Å². The number of aromatic nitrogens is 2. The summed E-state index contributed by atoms with van der Waals surface area (Å²) in [7, 11) is 0. The average Bonchev–Trinajstić information content (AvgIpc) is 3.26. The van der Waals surface area contributed by atoms with Crippen LogP contribution >= 0.6 is 0 Å². The predicted molar refractivity (Wildman–Crippen MR) is 103 cm³/mol. The highest BCUT2D eigenvalue weighted by molar-refractivity contribution is 5.94. The molecule has 138 valence electrons. The first-order valence-electron chi connectivity index (χ1n) is 9.89. The van der Waals surface area contributed by atoms with E-state index in [0.29, 0.717) is 11.6 Å². The Balaban J connectivity index is 1.47. The molecule has 1 fully saturated rings. The summed E-state index contributed by atoms with van der Waals surface area (Å²) >= 11 is 0. The molecule has 4 rings (SSSR count). The van der Waals surface area contributed by atoms with E-state index in [2.05, 4.69) is 46.9 Å². The number of benzene rings is 1. The maximum Gasteiger partial charge on any atom is 0.272 e. The Morgan fingerprint density at radius 2 is 2.12 bits per heavy atom. The smallest absolute Gasteiger partial charge is 0.272 e. The van der Waals surface area contributed by atoms with Gasteiger partial charge in [0.15, 0.2) is 5.69 Å². The molecule has 1 unspecified atom stereocenters. The van der Waals surface area contributed by atoms with E-state index in [4.69, 9.17) is 0 Å². The molecule has 2 aliphatic rings. The summed E-state index contributed by atoms with van der Waals surface area (Å²) < 4.78 is 1.97. The summed E-state index contributed by atoms with van der Waals surface area (Å²) in [4.78, 5) is 12.7. The van der Waals surface area contributed by atoms with E-state index in [1.54, 1.807) is 0 Å². The Labute approximate surface area is 155 Å². The predicted octanol–water partition coefficient (Wildman–Crippen LogP) is 2.79. The quantitative estimate of drug-likeness (QED) is 0.870. The number of rotatable bonds is 5. The van der Waals surface area contributed by atoms with Crippen molar-refractivity contribution in [3.8, 4) is 5.69 Å². The molecule has 2 N–H and O–H groups in total. The highest BCUT2D eigenvalue weighted by atomic mass is 16.1. The number of piperidine rings is 1. The SMILES string of the molecule is Cc1ccc(-n2nc(C(=O)NCCC3CCCNC3)c3c2CCC3)cc1. The van der Waals surface area contributed by atoms with Gasteiger partial charge in [0.2, 0.25) is 0 Å². The van der Waals surface area contributed by atoms with E-state index >= 15 is 0 Å². The van der Waals surface area contributed by atoms with Gasteiger partial charge in [0, 0.05) is 17.8 Å². The van der Waals surface area contributed by atoms with E-state index in [0.717, 1.165) is 56.6 Å². The molecule has 2 aromatic rings. The standard InChI is InChI=1S/C21H28N4O/c1-15-7-9-17(10-8-15)25-19-6-2-5-18(19)20(24-25)21(26)23-13-11-16-4-3-12-22-14-16/h7-10,16,22H,2-6,11-14H2,1H3,(H,23,26). The molecular weight excluding hydrogens is 324 g/mol. The van der Waals surface area contributed by atoms with Crippen LogP contribution in [-0.2, 0) is 12.8 Å². The van der Waals surface area contributed by atoms with Crippen molar-refractivity contribution in [3.05, 3.63) is 46.8 Å². The van der Waals surface area contributed by atoms with Crippen molar-refractivity contribution in [2.75, 3.05) is 19.6 Å². The zero-order valence-corrected chi connectivity index (χ0v) is 15.6. The Hall–Kier alpha value is -2.14. The third-order valence-corrected chi connectivity index (χ3v) is 5.66. The van der Waals surface area contributed by atoms with E-state index < -0.39 is 0 Å². The van der Waals surface area contributed by atoms with Gasteiger partial charge in [-0.3, -0.25) is 4.79 Å². The van der Waals surface area contributed by atoms with Crippen LogP contribution in [0, 0.1) is 12.8 Å². The number of amides is 1. The summed E-state index contributed by atoms with van der Waals surface area (Å²) in [6.45, 7) is 5.02. The highest BCUT2D eigenvalue weighted by Gasteiger charge is 2.27. The summed E-state index contributed by atoms with van der Waals surface area (Å²) in [5, 5.41) is 11.2. The molecule has 1 saturated heterocycles. The van der Waals surface area contributed by atoms with E-state index in [1.807, 2.05) is 4.68 Å². The number of carbonyl (C=O) groups is 1. The highest BCUT2D eigenvalue weighted by Crippen LogP contribution is 2.28. The number of nitrogens with one attached hydrogen (secondary N) is 2. The Bertz CT molecular complexity index is 772. The number of fused-ring (bicyclic) bond motifs is 1. The monoisotopic (exact) mass is 352 g/mol. The Kier molecular flexibility index (Phi) is 5.07. The Morgan fingerprint density at radius 3 is 2.88 bits per heavy atom. The average molecular weight is 352 g/mol. The fourth-order valence-electron chi connectivity index (χ4n) is 4.16. The van der Waals surface area contributed by atoms with E-state index in [-0.39, 0.29) is 5.91 Å². The molecule has 0 bridgehead atoms. The zero-order chi connectivity index (χ0) is 17.9. The molecule has 0 saturated carbocycles. The molecular formula is C21H28N4O. The molecule has 5 heteroatoms. The van der Waals surface area contributed by atoms with Crippen molar-refractivity contribution in [2.45, 2.75) is 45.4 Å². The van der Waals surface area contributed by atoms with Crippen molar-refractivity contribution < 1.29 is 4.79 Å². The van der Waals surface area contributed by atoms with Gasteiger partial charge in [0.25, 0.3) is 5.91 Å². The van der Waals surface area contributed by atoms with Gasteiger partial charge in [-0.25, -0.2) is 4.68 Å². The van der Waals surface area contributed by atoms with Crippen LogP contribution in [0.1, 0.15) is 53.0 Å². The van der Waals surface area contributed by atoms with Gasteiger partial charge in [0.1, 0.15) is 0 Å². The van der Waals surface area contributed by atoms with Crippen LogP contribution in [0.2, 0.25) is 0 Å². The molecule has 26 heavy (non-hydrogen) atoms. The van der Waals surface area contributed by atoms with Gasteiger partial charge in [0.05, 0.1) is 5.69 Å². The molecule has 1 aromatic heterocycles. The van der Waals surface area contributed by atoms with Crippen molar-refractivity contribution in [3.63, 3.8) is 0 Å². The summed E-state index contributed by atoms with van der Waals surface area (Å²) in [5.41, 5.74) is 5.24. The molecule has 1 aliphatic carbocycles. The van der Waals surface area contributed by atoms with Gasteiger partial charge in [-0.1, -0.05) is 17.7 Å². The van der Waals surface area contributed by atoms with Crippen LogP contribution in [-0.4, -0.2) is 35.3 Å². The maximum absolute atomic E-state index is 12.7. The van der Waals surface area contributed by atoms with Crippen LogP contribution in [0.3, 0.4) is 0 Å². The minimum atomic E-state index is -0.0159. The summed E-state index contributed by atoms with van der Waals surface area (Å²) in [6.07, 6.45) is 6.60. The number of carbonyl (C=O) groups excluding carboxylic acids is 1. The fourth-order valence-corrected chi connectivity index (χ4v) is 4.16. The lowest BCUT2D eigenvalue weighted by Gasteiger charge is -2.22. The lowest BCUT2D eigenvalue weighted by Crippen LogP contribution is -2.33. The van der Waals surface area contributed by atoms with Gasteiger partial charge in [-0.05, 0) is 76.6 Å². The van der Waals surface area contributed by atoms with Crippen molar-refractivity contribution in [1.82, 2.24) is 20.4 Å². The lowest BCUT2D eigenvalue weighted by atomic mass is 9.96. The van der Waals surface area contributed by atoms with Crippen molar-refractivity contribution in [1.29, 1.82) is 0 Å². The van der Waals surface area contributed by atoms with E-state index in [1.165, 1.54) is 24.1 Å². The molecule has 1 amide bonds. The molecule has 1 atom stereocenters. The topological polar surface area (TPSA) is 59.0 Å². The van der Waals surface area contributed by atoms with Gasteiger partial charge in [-0.2, -0.15) is 5.10 Å². The molecule has 0 radical (unpaired) electrons. The van der Waals surface area contributed by atoms with Crippen LogP contribution in [0.15, 0.2) is 24.3 Å². The molecule has 1 aromatic carbocycles. The minimum Gasteiger partial charge on any atom is -0.351 e. The lowest BCUT2D eigenvalue weighted by molar-refractivity contribution is 0.0944. The van der Waals surface area contributed by atoms with Crippen molar-refractivity contribution in [2.24, 2.45) is 5.92 Å². The number of nitrogens with zero attached hydrogens (tertiary/aromatic N) is 2. The third-order valence-electron chi connectivity index (χ3n) is 5.66. The minimum absolute atomic E-state index is 0.0159. The first-order chi connectivity index (χ1) is 12.7. The van der Waals surface area contributed by atoms with Gasteiger partial charge >= 0.3 is 0 Å². The number of hydrogen-bond acceptors (Lipinski definition) is 3. The van der Waals surface area contributed by atoms with Crippen LogP contribution < -0.4 is 10.6 Å². The first-order valence-corrected chi connectivity index (χ1v) is 9.89. The third kappa shape index (κ3) is 3.54. The molecule has 1 aliphatic heterocycles. The van der Waals surface area contributed by atoms with Crippen LogP contribution in [0.25, 0.3) is 5.69 Å². The van der Waals surface area contributed by atoms with Gasteiger partial charge < -0.3 is 10.6 Å². The molecule has 2 heterocycles. The summed E-state index contributed by atoms with van der Waals surface area (Å²) in [6, 6.07) is 8.35. The largest absolute Gasteiger partial charge is 0.351 e. The second-order valence-electron chi connectivity index (χ2n) is 7.63. The molecule has 0 spiro atoms. The van der Waals surface area contributed by atoms with Gasteiger partial charge in [-0.15, -0.1) is 0 Å².